The van der Waals surface area contributed by atoms with E-state index in [4.69, 9.17) is 27.1 Å². The fourth-order valence-corrected chi connectivity index (χ4v) is 5.29. The first-order valence-corrected chi connectivity index (χ1v) is 14.2. The second-order valence-electron chi connectivity index (χ2n) is 9.46. The minimum Gasteiger partial charge on any atom is -0.381 e. The minimum absolute atomic E-state index is 0.00594. The van der Waals surface area contributed by atoms with Crippen molar-refractivity contribution in [2.24, 2.45) is 5.73 Å². The van der Waals surface area contributed by atoms with Crippen LogP contribution in [0.2, 0.25) is 5.02 Å². The summed E-state index contributed by atoms with van der Waals surface area (Å²) in [6.07, 6.45) is 4.37. The number of ether oxygens (including phenoxy) is 1. The molecule has 11 heteroatoms. The summed E-state index contributed by atoms with van der Waals surface area (Å²) in [4.78, 5) is 31.7. The molecule has 4 rings (SSSR count). The van der Waals surface area contributed by atoms with Crippen LogP contribution in [-0.2, 0) is 40.4 Å². The Labute approximate surface area is 236 Å². The minimum atomic E-state index is -0.501. The second kappa shape index (κ2) is 12.9. The van der Waals surface area contributed by atoms with Crippen LogP contribution in [0.3, 0.4) is 0 Å². The predicted octanol–water partition coefficient (Wildman–Crippen LogP) is 4.81. The molecule has 3 N–H and O–H groups in total. The molecule has 38 heavy (non-hydrogen) atoms. The molecule has 9 nitrogen and oxygen atoms in total. The molecule has 0 spiro atoms. The van der Waals surface area contributed by atoms with Gasteiger partial charge in [0.1, 0.15) is 0 Å². The number of nitrogens with zero attached hydrogens (tertiary/aromatic N) is 4. The number of primary amides is 1. The van der Waals surface area contributed by atoms with Crippen LogP contribution in [0.1, 0.15) is 56.4 Å². The lowest BCUT2D eigenvalue weighted by atomic mass is 10.0. The number of hydrogen-bond donors (Lipinski definition) is 2. The highest BCUT2D eigenvalue weighted by molar-refractivity contribution is 9.10. The third-order valence-corrected chi connectivity index (χ3v) is 8.03. The van der Waals surface area contributed by atoms with Gasteiger partial charge in [0, 0.05) is 67.5 Å². The van der Waals surface area contributed by atoms with Gasteiger partial charge in [-0.1, -0.05) is 24.6 Å². The van der Waals surface area contributed by atoms with Gasteiger partial charge in [-0.2, -0.15) is 5.10 Å². The van der Waals surface area contributed by atoms with Crippen LogP contribution in [0.4, 0.5) is 5.69 Å². The highest BCUT2D eigenvalue weighted by Crippen LogP contribution is 2.33. The monoisotopic (exact) mass is 604 g/mol. The number of amides is 2. The highest BCUT2D eigenvalue weighted by atomic mass is 79.9. The first-order valence-electron chi connectivity index (χ1n) is 13.0. The maximum absolute atomic E-state index is 13.4. The van der Waals surface area contributed by atoms with Crippen molar-refractivity contribution in [3.8, 4) is 0 Å². The summed E-state index contributed by atoms with van der Waals surface area (Å²) in [5, 5.41) is 9.87. The number of aryl methyl sites for hydroxylation is 2. The number of rotatable bonds is 11. The number of carbonyl (C=O) groups is 2. The molecule has 2 aromatic heterocycles. The Hall–Kier alpha value is -2.69. The molecular weight excluding hydrogens is 572 g/mol. The molecule has 0 unspecified atom stereocenters. The first kappa shape index (κ1) is 28.3. The quantitative estimate of drug-likeness (QED) is 0.324. The van der Waals surface area contributed by atoms with Crippen LogP contribution in [0, 0.1) is 0 Å². The highest BCUT2D eigenvalue weighted by Gasteiger charge is 2.25. The lowest BCUT2D eigenvalue weighted by molar-refractivity contribution is -0.134. The van der Waals surface area contributed by atoms with Gasteiger partial charge in [0.2, 0.25) is 11.8 Å². The Morgan fingerprint density at radius 2 is 2.00 bits per heavy atom. The van der Waals surface area contributed by atoms with E-state index in [0.29, 0.717) is 44.3 Å². The molecule has 0 aliphatic carbocycles. The van der Waals surface area contributed by atoms with Crippen LogP contribution in [-0.4, -0.2) is 50.7 Å². The van der Waals surface area contributed by atoms with Crippen molar-refractivity contribution >= 4 is 56.1 Å². The number of nitrogens with two attached hydrogens (primary N) is 1. The van der Waals surface area contributed by atoms with Gasteiger partial charge in [-0.25, -0.2) is 9.67 Å². The van der Waals surface area contributed by atoms with Gasteiger partial charge in [-0.3, -0.25) is 9.59 Å². The number of benzene rings is 1. The average molecular weight is 606 g/mol. The Bertz CT molecular complexity index is 1310. The van der Waals surface area contributed by atoms with Crippen LogP contribution >= 0.6 is 27.5 Å². The summed E-state index contributed by atoms with van der Waals surface area (Å²) in [7, 11) is 0. The molecule has 0 saturated carbocycles. The van der Waals surface area contributed by atoms with E-state index in [0.717, 1.165) is 50.9 Å². The van der Waals surface area contributed by atoms with Gasteiger partial charge in [-0.05, 0) is 59.8 Å². The largest absolute Gasteiger partial charge is 0.381 e. The van der Waals surface area contributed by atoms with Crippen molar-refractivity contribution in [1.82, 2.24) is 19.7 Å². The van der Waals surface area contributed by atoms with E-state index < -0.39 is 5.91 Å². The van der Waals surface area contributed by atoms with Gasteiger partial charge >= 0.3 is 0 Å². The Morgan fingerprint density at radius 3 is 2.66 bits per heavy atom. The van der Waals surface area contributed by atoms with E-state index in [2.05, 4.69) is 33.3 Å². The normalized spacial score (nSPS) is 14.1. The number of carbonyl (C=O) groups excluding carboxylic acids is 2. The molecule has 0 bridgehead atoms. The van der Waals surface area contributed by atoms with E-state index in [9.17, 15) is 9.59 Å². The molecule has 0 atom stereocenters. The molecule has 1 aromatic carbocycles. The van der Waals surface area contributed by atoms with Crippen molar-refractivity contribution in [3.05, 3.63) is 50.7 Å². The van der Waals surface area contributed by atoms with E-state index >= 15 is 0 Å². The van der Waals surface area contributed by atoms with Crippen LogP contribution < -0.4 is 11.1 Å². The maximum atomic E-state index is 13.4. The first-order chi connectivity index (χ1) is 18.3. The average Bonchev–Trinajstić information content (AvgIpc) is 3.33. The number of fused-ring (bicyclic) bond motifs is 1. The third kappa shape index (κ3) is 6.65. The predicted molar refractivity (Wildman–Crippen MR) is 152 cm³/mol. The summed E-state index contributed by atoms with van der Waals surface area (Å²) in [5.41, 5.74) is 9.94. The summed E-state index contributed by atoms with van der Waals surface area (Å²) in [6, 6.07) is 5.85. The van der Waals surface area contributed by atoms with Gasteiger partial charge in [0.25, 0.3) is 0 Å². The Balaban J connectivity index is 1.77. The molecule has 2 amide bonds. The SMILES string of the molecule is CCc1nc2c(cnn2CC)c(NC2CCOCC2)c1CN(Cc1ccc(Cl)c(Br)c1)C(=O)CCC(N)=O. The molecule has 1 fully saturated rings. The fourth-order valence-electron chi connectivity index (χ4n) is 4.75. The molecule has 1 aliphatic heterocycles. The zero-order valence-corrected chi connectivity index (χ0v) is 24.1. The topological polar surface area (TPSA) is 115 Å². The fraction of sp³-hybridized carbons (Fsp3) is 0.481. The maximum Gasteiger partial charge on any atom is 0.223 e. The van der Waals surface area contributed by atoms with E-state index in [-0.39, 0.29) is 24.8 Å². The van der Waals surface area contributed by atoms with Crippen LogP contribution in [0.5, 0.6) is 0 Å². The summed E-state index contributed by atoms with van der Waals surface area (Å²) < 4.78 is 8.23. The molecule has 1 saturated heterocycles. The van der Waals surface area contributed by atoms with Gasteiger partial charge in [0.05, 0.1) is 22.3 Å². The van der Waals surface area contributed by atoms with Gasteiger partial charge in [0.15, 0.2) is 5.65 Å². The summed E-state index contributed by atoms with van der Waals surface area (Å²) in [5.74, 6) is -0.656. The van der Waals surface area contributed by atoms with Crippen LogP contribution in [0.15, 0.2) is 28.9 Å². The third-order valence-electron chi connectivity index (χ3n) is 6.82. The number of hydrogen-bond acceptors (Lipinski definition) is 6. The zero-order chi connectivity index (χ0) is 27.2. The van der Waals surface area contributed by atoms with E-state index in [1.165, 1.54) is 0 Å². The number of halogens is 2. The van der Waals surface area contributed by atoms with Gasteiger partial charge in [-0.15, -0.1) is 0 Å². The zero-order valence-electron chi connectivity index (χ0n) is 21.8. The molecule has 3 heterocycles. The molecule has 0 radical (unpaired) electrons. The number of aromatic nitrogens is 3. The summed E-state index contributed by atoms with van der Waals surface area (Å²) >= 11 is 9.68. The standard InChI is InChI=1S/C27H34BrClN6O3/c1-3-23-20(16-34(25(37)8-7-24(30)36)15-17-5-6-22(29)21(28)13-17)26(32-18-9-11-38-12-10-18)19-14-31-35(4-2)27(19)33-23/h5-6,13-14,18H,3-4,7-12,15-16H2,1-2H3,(H2,30,36)(H,32,33). The Kier molecular flexibility index (Phi) is 9.62. The van der Waals surface area contributed by atoms with E-state index in [1.807, 2.05) is 29.9 Å². The van der Waals surface area contributed by atoms with Gasteiger partial charge < -0.3 is 20.7 Å². The smallest absolute Gasteiger partial charge is 0.223 e. The number of nitrogens with one attached hydrogen (secondary N) is 1. The van der Waals surface area contributed by atoms with Crippen molar-refractivity contribution in [1.29, 1.82) is 0 Å². The lowest BCUT2D eigenvalue weighted by Gasteiger charge is -2.29. The second-order valence-corrected chi connectivity index (χ2v) is 10.7. The summed E-state index contributed by atoms with van der Waals surface area (Å²) in [6.45, 7) is 6.91. The van der Waals surface area contributed by atoms with Crippen molar-refractivity contribution in [2.75, 3.05) is 18.5 Å². The Morgan fingerprint density at radius 1 is 1.24 bits per heavy atom. The van der Waals surface area contributed by atoms with E-state index in [1.54, 1.807) is 11.0 Å². The van der Waals surface area contributed by atoms with Crippen molar-refractivity contribution in [2.45, 2.75) is 71.6 Å². The molecule has 204 valence electrons. The molecular formula is C27H34BrClN6O3. The number of pyridine rings is 1. The van der Waals surface area contributed by atoms with Crippen molar-refractivity contribution < 1.29 is 14.3 Å². The van der Waals surface area contributed by atoms with Crippen molar-refractivity contribution in [3.63, 3.8) is 0 Å². The number of anilines is 1. The lowest BCUT2D eigenvalue weighted by Crippen LogP contribution is -2.33. The van der Waals surface area contributed by atoms with Crippen LogP contribution in [0.25, 0.3) is 11.0 Å². The molecule has 3 aromatic rings. The molecule has 1 aliphatic rings.